The van der Waals surface area contributed by atoms with Gasteiger partial charge in [-0.25, -0.2) is 4.98 Å². The molecule has 2 rings (SSSR count). The molecule has 0 saturated heterocycles. The van der Waals surface area contributed by atoms with Crippen LogP contribution in [0.4, 0.5) is 0 Å². The quantitative estimate of drug-likeness (QED) is 0.383. The second kappa shape index (κ2) is 5.39. The second-order valence-electron chi connectivity index (χ2n) is 4.21. The fourth-order valence-corrected chi connectivity index (χ4v) is 1.74. The maximum Gasteiger partial charge on any atom is 0.230 e. The Labute approximate surface area is 111 Å². The number of hydrogen-bond donors (Lipinski definition) is 2. The van der Waals surface area contributed by atoms with Gasteiger partial charge in [-0.3, -0.25) is 0 Å². The van der Waals surface area contributed by atoms with Crippen molar-refractivity contribution >= 4 is 5.84 Å². The summed E-state index contributed by atoms with van der Waals surface area (Å²) in [5, 5.41) is 11.7. The topological polar surface area (TPSA) is 80.7 Å². The van der Waals surface area contributed by atoms with Crippen molar-refractivity contribution in [2.75, 3.05) is 0 Å². The van der Waals surface area contributed by atoms with Gasteiger partial charge in [0.2, 0.25) is 5.88 Å². The highest BCUT2D eigenvalue weighted by molar-refractivity contribution is 5.99. The van der Waals surface area contributed by atoms with Crippen molar-refractivity contribution in [2.45, 2.75) is 13.8 Å². The van der Waals surface area contributed by atoms with E-state index >= 15 is 0 Å². The number of rotatable bonds is 3. The molecule has 3 N–H and O–H groups in total. The summed E-state index contributed by atoms with van der Waals surface area (Å²) < 4.78 is 5.74. The molecule has 0 unspecified atom stereocenters. The number of aromatic nitrogens is 1. The molecule has 2 aromatic rings. The second-order valence-corrected chi connectivity index (χ2v) is 4.21. The molecule has 0 aliphatic heterocycles. The zero-order valence-electron chi connectivity index (χ0n) is 10.8. The van der Waals surface area contributed by atoms with E-state index in [0.29, 0.717) is 17.2 Å². The van der Waals surface area contributed by atoms with Gasteiger partial charge in [-0.1, -0.05) is 22.9 Å². The lowest BCUT2D eigenvalue weighted by Gasteiger charge is -2.11. The van der Waals surface area contributed by atoms with Crippen molar-refractivity contribution < 1.29 is 9.94 Å². The normalized spacial score (nSPS) is 11.4. The number of nitrogens with zero attached hydrogens (tertiary/aromatic N) is 2. The molecule has 0 aliphatic rings. The van der Waals surface area contributed by atoms with Gasteiger partial charge in [0.25, 0.3) is 0 Å². The summed E-state index contributed by atoms with van der Waals surface area (Å²) >= 11 is 0. The molecule has 98 valence electrons. The van der Waals surface area contributed by atoms with Crippen LogP contribution in [0.1, 0.15) is 16.7 Å². The summed E-state index contributed by atoms with van der Waals surface area (Å²) in [7, 11) is 0. The molecule has 5 nitrogen and oxygen atoms in total. The van der Waals surface area contributed by atoms with Gasteiger partial charge < -0.3 is 15.7 Å². The van der Waals surface area contributed by atoms with E-state index in [1.54, 1.807) is 18.3 Å². The molecule has 0 bridgehead atoms. The summed E-state index contributed by atoms with van der Waals surface area (Å²) in [5.74, 6) is 0.967. The molecule has 0 saturated carbocycles. The number of aryl methyl sites for hydroxylation is 2. The van der Waals surface area contributed by atoms with Gasteiger partial charge in [0.05, 0.1) is 5.56 Å². The standard InChI is InChI=1S/C14H15N3O2/c1-9-5-6-12(10(2)8-9)19-14-11(13(15)17-18)4-3-7-16-14/h3-8,18H,1-2H3,(H2,15,17). The lowest BCUT2D eigenvalue weighted by atomic mass is 10.1. The van der Waals surface area contributed by atoms with Crippen LogP contribution in [0, 0.1) is 13.8 Å². The molecule has 1 aromatic heterocycles. The van der Waals surface area contributed by atoms with E-state index in [0.717, 1.165) is 11.1 Å². The van der Waals surface area contributed by atoms with E-state index in [9.17, 15) is 0 Å². The van der Waals surface area contributed by atoms with Crippen molar-refractivity contribution in [3.8, 4) is 11.6 Å². The third-order valence-corrected chi connectivity index (χ3v) is 2.69. The minimum Gasteiger partial charge on any atom is -0.438 e. The number of nitrogens with two attached hydrogens (primary N) is 1. The van der Waals surface area contributed by atoms with Crippen LogP contribution >= 0.6 is 0 Å². The number of hydrogen-bond acceptors (Lipinski definition) is 4. The fourth-order valence-electron chi connectivity index (χ4n) is 1.74. The largest absolute Gasteiger partial charge is 0.438 e. The summed E-state index contributed by atoms with van der Waals surface area (Å²) in [6, 6.07) is 9.22. The fraction of sp³-hybridized carbons (Fsp3) is 0.143. The van der Waals surface area contributed by atoms with Gasteiger partial charge in [-0.2, -0.15) is 0 Å². The van der Waals surface area contributed by atoms with Gasteiger partial charge in [0, 0.05) is 6.20 Å². The van der Waals surface area contributed by atoms with Gasteiger partial charge in [0.15, 0.2) is 5.84 Å². The first kappa shape index (κ1) is 12.9. The minimum atomic E-state index is -0.0344. The molecule has 1 aromatic carbocycles. The Kier molecular flexibility index (Phi) is 3.66. The Morgan fingerprint density at radius 2 is 2.11 bits per heavy atom. The van der Waals surface area contributed by atoms with Crippen LogP contribution in [-0.2, 0) is 0 Å². The number of oxime groups is 1. The maximum absolute atomic E-state index is 8.75. The highest BCUT2D eigenvalue weighted by atomic mass is 16.5. The van der Waals surface area contributed by atoms with Gasteiger partial charge in [-0.15, -0.1) is 0 Å². The molecular formula is C14H15N3O2. The first-order valence-corrected chi connectivity index (χ1v) is 5.80. The van der Waals surface area contributed by atoms with Crippen LogP contribution in [0.2, 0.25) is 0 Å². The minimum absolute atomic E-state index is 0.0344. The number of amidine groups is 1. The summed E-state index contributed by atoms with van der Waals surface area (Å²) in [6.07, 6.45) is 1.59. The van der Waals surface area contributed by atoms with Crippen LogP contribution in [0.15, 0.2) is 41.7 Å². The van der Waals surface area contributed by atoms with Gasteiger partial charge in [-0.05, 0) is 37.6 Å². The van der Waals surface area contributed by atoms with E-state index in [2.05, 4.69) is 10.1 Å². The summed E-state index contributed by atoms with van der Waals surface area (Å²) in [6.45, 7) is 3.97. The third kappa shape index (κ3) is 2.82. The molecule has 0 fully saturated rings. The Hall–Kier alpha value is -2.56. The molecule has 19 heavy (non-hydrogen) atoms. The predicted molar refractivity (Wildman–Crippen MR) is 72.7 cm³/mol. The van der Waals surface area contributed by atoms with Crippen molar-refractivity contribution in [3.05, 3.63) is 53.2 Å². The van der Waals surface area contributed by atoms with Crippen molar-refractivity contribution in [2.24, 2.45) is 10.9 Å². The van der Waals surface area contributed by atoms with Crippen molar-refractivity contribution in [1.82, 2.24) is 4.98 Å². The van der Waals surface area contributed by atoms with E-state index in [4.69, 9.17) is 15.7 Å². The lowest BCUT2D eigenvalue weighted by molar-refractivity contribution is 0.318. The first-order chi connectivity index (χ1) is 9.11. The van der Waals surface area contributed by atoms with Crippen molar-refractivity contribution in [3.63, 3.8) is 0 Å². The molecule has 5 heteroatoms. The number of ether oxygens (including phenoxy) is 1. The highest BCUT2D eigenvalue weighted by Gasteiger charge is 2.11. The maximum atomic E-state index is 8.75. The zero-order chi connectivity index (χ0) is 13.8. The van der Waals surface area contributed by atoms with Crippen LogP contribution in [0.5, 0.6) is 11.6 Å². The highest BCUT2D eigenvalue weighted by Crippen LogP contribution is 2.26. The third-order valence-electron chi connectivity index (χ3n) is 2.69. The molecule has 1 heterocycles. The van der Waals surface area contributed by atoms with E-state index in [1.165, 1.54) is 0 Å². The molecule has 0 atom stereocenters. The Morgan fingerprint density at radius 1 is 1.32 bits per heavy atom. The summed E-state index contributed by atoms with van der Waals surface area (Å²) in [5.41, 5.74) is 8.19. The number of benzene rings is 1. The average molecular weight is 257 g/mol. The van der Waals surface area contributed by atoms with E-state index in [-0.39, 0.29) is 5.84 Å². The molecular weight excluding hydrogens is 242 g/mol. The average Bonchev–Trinajstić information content (AvgIpc) is 2.41. The monoisotopic (exact) mass is 257 g/mol. The molecule has 0 amide bonds. The summed E-state index contributed by atoms with van der Waals surface area (Å²) in [4.78, 5) is 4.11. The Morgan fingerprint density at radius 3 is 2.79 bits per heavy atom. The zero-order valence-corrected chi connectivity index (χ0v) is 10.8. The molecule has 0 radical (unpaired) electrons. The number of pyridine rings is 1. The first-order valence-electron chi connectivity index (χ1n) is 5.80. The van der Waals surface area contributed by atoms with E-state index < -0.39 is 0 Å². The molecule has 0 spiro atoms. The van der Waals surface area contributed by atoms with Crippen LogP contribution < -0.4 is 10.5 Å². The smallest absolute Gasteiger partial charge is 0.230 e. The Bertz CT molecular complexity index is 624. The van der Waals surface area contributed by atoms with Crippen LogP contribution in [-0.4, -0.2) is 16.0 Å². The van der Waals surface area contributed by atoms with Gasteiger partial charge in [0.1, 0.15) is 5.75 Å². The van der Waals surface area contributed by atoms with Crippen LogP contribution in [0.3, 0.4) is 0 Å². The Balaban J connectivity index is 2.38. The SMILES string of the molecule is Cc1ccc(Oc2ncccc2/C(N)=N/O)c(C)c1. The van der Waals surface area contributed by atoms with Crippen molar-refractivity contribution in [1.29, 1.82) is 0 Å². The van der Waals surface area contributed by atoms with Crippen LogP contribution in [0.25, 0.3) is 0 Å². The van der Waals surface area contributed by atoms with E-state index in [1.807, 2.05) is 32.0 Å². The molecule has 0 aliphatic carbocycles. The van der Waals surface area contributed by atoms with Gasteiger partial charge >= 0.3 is 0 Å². The lowest BCUT2D eigenvalue weighted by Crippen LogP contribution is -2.14. The predicted octanol–water partition coefficient (Wildman–Crippen LogP) is 2.59.